The van der Waals surface area contributed by atoms with Gasteiger partial charge in [-0.15, -0.1) is 0 Å². The number of anilines is 1. The predicted octanol–water partition coefficient (Wildman–Crippen LogP) is 3.14. The Morgan fingerprint density at radius 1 is 1.15 bits per heavy atom. The third-order valence-corrected chi connectivity index (χ3v) is 5.59. The van der Waals surface area contributed by atoms with Crippen molar-refractivity contribution in [2.45, 2.75) is 32.7 Å². The molecule has 0 radical (unpaired) electrons. The summed E-state index contributed by atoms with van der Waals surface area (Å²) < 4.78 is 24.8. The normalized spacial score (nSPS) is 12.5. The van der Waals surface area contributed by atoms with Gasteiger partial charge in [-0.3, -0.25) is 9.10 Å². The smallest absolute Gasteiger partial charge is 0.251 e. The molecule has 0 fully saturated rings. The zero-order valence-corrected chi connectivity index (χ0v) is 16.5. The van der Waals surface area contributed by atoms with E-state index in [1.165, 1.54) is 16.9 Å². The lowest BCUT2D eigenvalue weighted by molar-refractivity contribution is 0.0938. The number of hydrogen-bond acceptors (Lipinski definition) is 3. The summed E-state index contributed by atoms with van der Waals surface area (Å²) in [5, 5.41) is 2.98. The average Bonchev–Trinajstić information content (AvgIpc) is 2.60. The molecule has 0 aliphatic carbocycles. The fourth-order valence-corrected chi connectivity index (χ4v) is 3.23. The summed E-state index contributed by atoms with van der Waals surface area (Å²) in [7, 11) is -1.89. The lowest BCUT2D eigenvalue weighted by Crippen LogP contribution is -2.33. The first-order valence-electron chi connectivity index (χ1n) is 8.58. The quantitative estimate of drug-likeness (QED) is 0.810. The van der Waals surface area contributed by atoms with Gasteiger partial charge in [-0.1, -0.05) is 36.4 Å². The number of carbonyl (C=O) groups is 1. The molecule has 0 aliphatic heterocycles. The molecule has 0 saturated heterocycles. The molecule has 0 saturated carbocycles. The van der Waals surface area contributed by atoms with Crippen LogP contribution in [0.3, 0.4) is 0 Å². The van der Waals surface area contributed by atoms with Gasteiger partial charge in [-0.05, 0) is 49.9 Å². The van der Waals surface area contributed by atoms with Crippen LogP contribution in [0.1, 0.15) is 34.8 Å². The maximum absolute atomic E-state index is 12.5. The molecule has 1 amide bonds. The van der Waals surface area contributed by atoms with Crippen LogP contribution in [0.5, 0.6) is 0 Å². The number of sulfonamides is 1. The molecule has 1 N–H and O–H groups in total. The van der Waals surface area contributed by atoms with E-state index in [1.807, 2.05) is 32.0 Å². The predicted molar refractivity (Wildman–Crippen MR) is 106 cm³/mol. The number of aryl methyl sites for hydroxylation is 2. The van der Waals surface area contributed by atoms with Crippen molar-refractivity contribution in [3.8, 4) is 0 Å². The van der Waals surface area contributed by atoms with Crippen LogP contribution in [0.25, 0.3) is 0 Å². The summed E-state index contributed by atoms with van der Waals surface area (Å²) in [6.07, 6.45) is 2.86. The summed E-state index contributed by atoms with van der Waals surface area (Å²) in [5.41, 5.74) is 3.00. The van der Waals surface area contributed by atoms with Gasteiger partial charge in [0, 0.05) is 18.7 Å². The minimum atomic E-state index is -3.38. The van der Waals surface area contributed by atoms with Gasteiger partial charge in [0.1, 0.15) is 0 Å². The fourth-order valence-electron chi connectivity index (χ4n) is 2.68. The number of nitrogens with one attached hydrogen (secondary N) is 1. The van der Waals surface area contributed by atoms with Crippen molar-refractivity contribution in [3.63, 3.8) is 0 Å². The molecule has 6 heteroatoms. The highest BCUT2D eigenvalue weighted by atomic mass is 32.2. The molecule has 0 aromatic heterocycles. The molecule has 2 aromatic carbocycles. The second kappa shape index (κ2) is 8.36. The number of hydrogen-bond donors (Lipinski definition) is 1. The Morgan fingerprint density at radius 2 is 1.81 bits per heavy atom. The van der Waals surface area contributed by atoms with Crippen LogP contribution in [-0.2, 0) is 16.4 Å². The van der Waals surface area contributed by atoms with E-state index in [-0.39, 0.29) is 11.9 Å². The highest BCUT2D eigenvalue weighted by Crippen LogP contribution is 2.22. The van der Waals surface area contributed by atoms with Crippen LogP contribution < -0.4 is 9.62 Å². The Balaban J connectivity index is 2.05. The van der Waals surface area contributed by atoms with E-state index in [0.29, 0.717) is 11.3 Å². The minimum absolute atomic E-state index is 0.0140. The monoisotopic (exact) mass is 374 g/mol. The number of carbonyl (C=O) groups excluding carboxylic acids is 1. The maximum Gasteiger partial charge on any atom is 0.251 e. The SMILES string of the molecule is Cc1ccc(C(=O)N[C@@H](C)CCc2ccccc2)cc1N(C)S(C)(=O)=O. The van der Waals surface area contributed by atoms with Gasteiger partial charge in [-0.2, -0.15) is 0 Å². The van der Waals surface area contributed by atoms with Crippen molar-refractivity contribution >= 4 is 21.6 Å². The third kappa shape index (κ3) is 5.33. The van der Waals surface area contributed by atoms with Crippen LogP contribution in [0, 0.1) is 6.92 Å². The summed E-state index contributed by atoms with van der Waals surface area (Å²) >= 11 is 0. The first kappa shape index (κ1) is 20.0. The first-order valence-corrected chi connectivity index (χ1v) is 10.4. The standard InChI is InChI=1S/C20H26N2O3S/c1-15-10-13-18(14-19(15)22(3)26(4,24)25)20(23)21-16(2)11-12-17-8-6-5-7-9-17/h5-10,13-14,16H,11-12H2,1-4H3,(H,21,23)/t16-/m0/s1. The van der Waals surface area contributed by atoms with Gasteiger partial charge in [-0.25, -0.2) is 8.42 Å². The van der Waals surface area contributed by atoms with Crippen LogP contribution in [0.2, 0.25) is 0 Å². The molecule has 0 heterocycles. The zero-order chi connectivity index (χ0) is 19.3. The van der Waals surface area contributed by atoms with Crippen molar-refractivity contribution < 1.29 is 13.2 Å². The van der Waals surface area contributed by atoms with E-state index < -0.39 is 10.0 Å². The van der Waals surface area contributed by atoms with Gasteiger partial charge in [0.2, 0.25) is 10.0 Å². The second-order valence-electron chi connectivity index (χ2n) is 6.63. The molecule has 0 spiro atoms. The number of rotatable bonds is 7. The van der Waals surface area contributed by atoms with Crippen molar-refractivity contribution in [1.82, 2.24) is 5.32 Å². The molecule has 2 aromatic rings. The molecular weight excluding hydrogens is 348 g/mol. The Morgan fingerprint density at radius 3 is 2.42 bits per heavy atom. The van der Waals surface area contributed by atoms with Crippen LogP contribution in [0.4, 0.5) is 5.69 Å². The molecule has 2 rings (SSSR count). The van der Waals surface area contributed by atoms with Crippen molar-refractivity contribution in [1.29, 1.82) is 0 Å². The Bertz CT molecular complexity index is 864. The fraction of sp³-hybridized carbons (Fsp3) is 0.350. The van der Waals surface area contributed by atoms with Gasteiger partial charge in [0.05, 0.1) is 11.9 Å². The van der Waals surface area contributed by atoms with E-state index in [1.54, 1.807) is 18.2 Å². The molecule has 5 nitrogen and oxygen atoms in total. The lowest BCUT2D eigenvalue weighted by atomic mass is 10.1. The lowest BCUT2D eigenvalue weighted by Gasteiger charge is -2.20. The van der Waals surface area contributed by atoms with E-state index in [9.17, 15) is 13.2 Å². The summed E-state index contributed by atoms with van der Waals surface area (Å²) in [5.74, 6) is -0.200. The summed E-state index contributed by atoms with van der Waals surface area (Å²) in [4.78, 5) is 12.5. The summed E-state index contributed by atoms with van der Waals surface area (Å²) in [6, 6.07) is 15.3. The molecule has 26 heavy (non-hydrogen) atoms. The molecule has 0 aliphatic rings. The van der Waals surface area contributed by atoms with E-state index in [2.05, 4.69) is 17.4 Å². The van der Waals surface area contributed by atoms with Gasteiger partial charge >= 0.3 is 0 Å². The van der Waals surface area contributed by atoms with Gasteiger partial charge in [0.15, 0.2) is 0 Å². The Labute approximate surface area is 156 Å². The molecule has 140 valence electrons. The highest BCUT2D eigenvalue weighted by Gasteiger charge is 2.17. The first-order chi connectivity index (χ1) is 12.2. The molecular formula is C20H26N2O3S. The zero-order valence-electron chi connectivity index (χ0n) is 15.7. The number of nitrogens with zero attached hydrogens (tertiary/aromatic N) is 1. The van der Waals surface area contributed by atoms with Crippen molar-refractivity contribution in [3.05, 3.63) is 65.2 Å². The largest absolute Gasteiger partial charge is 0.350 e. The Kier molecular flexibility index (Phi) is 6.42. The average molecular weight is 375 g/mol. The molecule has 0 unspecified atom stereocenters. The van der Waals surface area contributed by atoms with Crippen molar-refractivity contribution in [2.75, 3.05) is 17.6 Å². The topological polar surface area (TPSA) is 66.5 Å². The van der Waals surface area contributed by atoms with Crippen molar-refractivity contribution in [2.24, 2.45) is 0 Å². The number of amides is 1. The van der Waals surface area contributed by atoms with E-state index >= 15 is 0 Å². The highest BCUT2D eigenvalue weighted by molar-refractivity contribution is 7.92. The molecule has 1 atom stereocenters. The minimum Gasteiger partial charge on any atom is -0.350 e. The van der Waals surface area contributed by atoms with Crippen LogP contribution in [0.15, 0.2) is 48.5 Å². The second-order valence-corrected chi connectivity index (χ2v) is 8.64. The van der Waals surface area contributed by atoms with E-state index in [0.717, 1.165) is 24.7 Å². The van der Waals surface area contributed by atoms with Gasteiger partial charge in [0.25, 0.3) is 5.91 Å². The van der Waals surface area contributed by atoms with Crippen LogP contribution >= 0.6 is 0 Å². The van der Waals surface area contributed by atoms with E-state index in [4.69, 9.17) is 0 Å². The third-order valence-electron chi connectivity index (χ3n) is 4.39. The van der Waals surface area contributed by atoms with Gasteiger partial charge < -0.3 is 5.32 Å². The Hall–Kier alpha value is -2.34. The summed E-state index contributed by atoms with van der Waals surface area (Å²) in [6.45, 7) is 3.79. The molecule has 0 bridgehead atoms. The maximum atomic E-state index is 12.5. The van der Waals surface area contributed by atoms with Crippen LogP contribution in [-0.4, -0.2) is 33.7 Å². The number of benzene rings is 2.